The summed E-state index contributed by atoms with van der Waals surface area (Å²) >= 11 is 0. The van der Waals surface area contributed by atoms with Crippen molar-refractivity contribution in [2.45, 2.75) is 12.8 Å². The average Bonchev–Trinajstić information content (AvgIpc) is 3.20. The maximum Gasteiger partial charge on any atom is 0.330 e. The molecule has 2 aromatic carbocycles. The fourth-order valence-corrected chi connectivity index (χ4v) is 3.95. The molecule has 1 N–H and O–H groups in total. The van der Waals surface area contributed by atoms with E-state index in [9.17, 15) is 19.1 Å². The Kier molecular flexibility index (Phi) is 5.10. The zero-order chi connectivity index (χ0) is 22.2. The number of morpholine rings is 1. The molecule has 3 heterocycles. The number of Topliss-reactive ketones (excluding diaryl/α,β-unsaturated/α-hetero) is 1. The molecule has 0 radical (unpaired) electrons. The Labute approximate surface area is 181 Å². The van der Waals surface area contributed by atoms with Gasteiger partial charge < -0.3 is 19.3 Å². The van der Waals surface area contributed by atoms with E-state index in [4.69, 9.17) is 9.26 Å². The minimum atomic E-state index is -0.843. The van der Waals surface area contributed by atoms with Crippen LogP contribution in [0.1, 0.15) is 22.5 Å². The van der Waals surface area contributed by atoms with Crippen LogP contribution in [0.25, 0.3) is 16.6 Å². The normalized spacial score (nSPS) is 14.3. The second-order valence-electron chi connectivity index (χ2n) is 7.62. The number of aromatic hydroxyl groups is 1. The summed E-state index contributed by atoms with van der Waals surface area (Å²) < 4.78 is 25.1. The van der Waals surface area contributed by atoms with Crippen molar-refractivity contribution < 1.29 is 23.6 Å². The monoisotopic (exact) mass is 437 g/mol. The predicted octanol–water partition coefficient (Wildman–Crippen LogP) is 2.94. The van der Waals surface area contributed by atoms with Crippen LogP contribution in [-0.2, 0) is 11.2 Å². The molecule has 0 unspecified atom stereocenters. The van der Waals surface area contributed by atoms with Crippen LogP contribution in [0.15, 0.2) is 51.8 Å². The Morgan fingerprint density at radius 1 is 1.12 bits per heavy atom. The third-order valence-electron chi connectivity index (χ3n) is 5.61. The first kappa shape index (κ1) is 20.2. The number of rotatable bonds is 5. The third kappa shape index (κ3) is 3.50. The largest absolute Gasteiger partial charge is 0.501 e. The zero-order valence-corrected chi connectivity index (χ0v) is 17.1. The summed E-state index contributed by atoms with van der Waals surface area (Å²) in [5.74, 6) is -1.59. The van der Waals surface area contributed by atoms with Crippen molar-refractivity contribution in [3.8, 4) is 5.75 Å². The molecule has 1 aliphatic rings. The summed E-state index contributed by atoms with van der Waals surface area (Å²) in [5.41, 5.74) is 1.05. The van der Waals surface area contributed by atoms with Crippen molar-refractivity contribution in [2.24, 2.45) is 0 Å². The smallest absolute Gasteiger partial charge is 0.330 e. The lowest BCUT2D eigenvalue weighted by atomic mass is 10.1. The molecular weight excluding hydrogens is 417 g/mol. The van der Waals surface area contributed by atoms with E-state index in [1.807, 2.05) is 12.1 Å². The van der Waals surface area contributed by atoms with Crippen molar-refractivity contribution >= 4 is 28.1 Å². The summed E-state index contributed by atoms with van der Waals surface area (Å²) in [6.45, 7) is 2.49. The van der Waals surface area contributed by atoms with Crippen LogP contribution in [0.3, 0.4) is 0 Å². The fourth-order valence-electron chi connectivity index (χ4n) is 3.95. The van der Waals surface area contributed by atoms with Gasteiger partial charge >= 0.3 is 5.56 Å². The molecule has 32 heavy (non-hydrogen) atoms. The van der Waals surface area contributed by atoms with Crippen LogP contribution in [0.5, 0.6) is 5.75 Å². The molecule has 0 atom stereocenters. The van der Waals surface area contributed by atoms with Gasteiger partial charge in [0.2, 0.25) is 5.75 Å². The van der Waals surface area contributed by atoms with Gasteiger partial charge in [0.05, 0.1) is 24.3 Å². The minimum absolute atomic E-state index is 0.00785. The minimum Gasteiger partial charge on any atom is -0.501 e. The number of ketones is 1. The lowest BCUT2D eigenvalue weighted by molar-refractivity contribution is 0.0974. The van der Waals surface area contributed by atoms with Crippen molar-refractivity contribution in [1.82, 2.24) is 9.56 Å². The highest BCUT2D eigenvalue weighted by Crippen LogP contribution is 2.32. The number of hydrogen-bond acceptors (Lipinski definition) is 7. The number of fused-ring (bicyclic) bond motifs is 3. The number of carbonyl (C=O) groups is 1. The Morgan fingerprint density at radius 3 is 2.62 bits per heavy atom. The van der Waals surface area contributed by atoms with E-state index >= 15 is 0 Å². The zero-order valence-electron chi connectivity index (χ0n) is 17.1. The summed E-state index contributed by atoms with van der Waals surface area (Å²) in [4.78, 5) is 32.1. The van der Waals surface area contributed by atoms with Crippen molar-refractivity contribution in [3.05, 3.63) is 69.9 Å². The Hall–Kier alpha value is -3.72. The highest BCUT2D eigenvalue weighted by atomic mass is 19.1. The summed E-state index contributed by atoms with van der Waals surface area (Å²) in [7, 11) is 0. The number of halogens is 1. The second-order valence-corrected chi connectivity index (χ2v) is 7.62. The summed E-state index contributed by atoms with van der Waals surface area (Å²) in [6.07, 6.45) is 0.332. The number of benzene rings is 2. The molecule has 9 heteroatoms. The van der Waals surface area contributed by atoms with Gasteiger partial charge in [0, 0.05) is 19.5 Å². The molecule has 0 bridgehead atoms. The molecule has 4 aromatic rings. The van der Waals surface area contributed by atoms with E-state index in [1.54, 1.807) is 18.2 Å². The summed E-state index contributed by atoms with van der Waals surface area (Å²) in [6, 6.07) is 11.2. The van der Waals surface area contributed by atoms with E-state index in [2.05, 4.69) is 9.88 Å². The molecule has 1 aliphatic heterocycles. The van der Waals surface area contributed by atoms with E-state index in [0.29, 0.717) is 43.7 Å². The van der Waals surface area contributed by atoms with Gasteiger partial charge in [-0.15, -0.1) is 4.57 Å². The number of aromatic nitrogens is 2. The molecule has 5 rings (SSSR count). The topological polar surface area (TPSA) is 97.3 Å². The Balaban J connectivity index is 1.57. The first-order valence-electron chi connectivity index (χ1n) is 10.3. The summed E-state index contributed by atoms with van der Waals surface area (Å²) in [5, 5.41) is 11.0. The first-order chi connectivity index (χ1) is 15.5. The lowest BCUT2D eigenvalue weighted by Gasteiger charge is -2.29. The molecule has 2 aromatic heterocycles. The van der Waals surface area contributed by atoms with Crippen molar-refractivity contribution in [3.63, 3.8) is 0 Å². The maximum atomic E-state index is 13.1. The van der Waals surface area contributed by atoms with Gasteiger partial charge in [-0.3, -0.25) is 9.59 Å². The Bertz CT molecular complexity index is 1370. The van der Waals surface area contributed by atoms with Crippen LogP contribution >= 0.6 is 0 Å². The second kappa shape index (κ2) is 8.08. The first-order valence-corrected chi connectivity index (χ1v) is 10.3. The number of ether oxygens (including phenoxy) is 1. The fraction of sp³-hybridized carbons (Fsp3) is 0.261. The molecule has 0 aliphatic carbocycles. The van der Waals surface area contributed by atoms with Gasteiger partial charge in [0.1, 0.15) is 5.82 Å². The van der Waals surface area contributed by atoms with E-state index in [0.717, 1.165) is 15.8 Å². The van der Waals surface area contributed by atoms with Crippen LogP contribution in [0.2, 0.25) is 0 Å². The maximum absolute atomic E-state index is 13.1. The SMILES string of the molecule is O=C(CCc1ccc(F)cc1)c1nc2c3c(N4CCOCC4)cccc3on2c(=O)c1O. The number of anilines is 1. The predicted molar refractivity (Wildman–Crippen MR) is 115 cm³/mol. The van der Waals surface area contributed by atoms with Crippen molar-refractivity contribution in [1.29, 1.82) is 0 Å². The van der Waals surface area contributed by atoms with Gasteiger partial charge in [-0.1, -0.05) is 18.2 Å². The molecule has 0 spiro atoms. The van der Waals surface area contributed by atoms with Crippen molar-refractivity contribution in [2.75, 3.05) is 31.2 Å². The number of aryl methyl sites for hydroxylation is 1. The molecule has 0 saturated carbocycles. The van der Waals surface area contributed by atoms with E-state index < -0.39 is 17.1 Å². The van der Waals surface area contributed by atoms with E-state index in [1.165, 1.54) is 12.1 Å². The van der Waals surface area contributed by atoms with Crippen LogP contribution < -0.4 is 10.5 Å². The molecule has 1 fully saturated rings. The van der Waals surface area contributed by atoms with Gasteiger partial charge in [-0.2, -0.15) is 0 Å². The van der Waals surface area contributed by atoms with Gasteiger partial charge in [0.25, 0.3) is 0 Å². The van der Waals surface area contributed by atoms with Gasteiger partial charge in [-0.25, -0.2) is 9.37 Å². The number of nitrogens with zero attached hydrogens (tertiary/aromatic N) is 3. The Morgan fingerprint density at radius 2 is 1.88 bits per heavy atom. The quantitative estimate of drug-likeness (QED) is 0.480. The van der Waals surface area contributed by atoms with Crippen LogP contribution in [0, 0.1) is 5.82 Å². The van der Waals surface area contributed by atoms with E-state index in [-0.39, 0.29) is 23.6 Å². The van der Waals surface area contributed by atoms with Gasteiger partial charge in [-0.05, 0) is 36.2 Å². The molecule has 0 amide bonds. The third-order valence-corrected chi connectivity index (χ3v) is 5.61. The highest BCUT2D eigenvalue weighted by molar-refractivity contribution is 6.03. The van der Waals surface area contributed by atoms with Gasteiger partial charge in [0.15, 0.2) is 22.7 Å². The molecule has 164 valence electrons. The molecular formula is C23H20FN3O5. The molecule has 1 saturated heterocycles. The number of carbonyl (C=O) groups excluding carboxylic acids is 1. The standard InChI is InChI=1S/C23H20FN3O5/c24-15-7-4-14(5-8-15)6-9-17(28)20-21(29)23(30)27-22(25-20)19-16(2-1-3-18(19)32-27)26-10-12-31-13-11-26/h1-5,7-8,29H,6,9-13H2. The van der Waals surface area contributed by atoms with Crippen LogP contribution in [-0.4, -0.2) is 46.8 Å². The highest BCUT2D eigenvalue weighted by Gasteiger charge is 2.24. The average molecular weight is 437 g/mol. The number of hydrogen-bond donors (Lipinski definition) is 1. The van der Waals surface area contributed by atoms with Crippen LogP contribution in [0.4, 0.5) is 10.1 Å². The lowest BCUT2D eigenvalue weighted by Crippen LogP contribution is -2.36. The molecule has 8 nitrogen and oxygen atoms in total.